The van der Waals surface area contributed by atoms with E-state index in [2.05, 4.69) is 15.3 Å². The van der Waals surface area contributed by atoms with Crippen LogP contribution in [0.25, 0.3) is 11.0 Å². The molecule has 0 amide bonds. The van der Waals surface area contributed by atoms with Crippen LogP contribution in [0.4, 0.5) is 11.6 Å². The molecule has 90 valence electrons. The van der Waals surface area contributed by atoms with Crippen molar-refractivity contribution in [1.82, 2.24) is 9.97 Å². The van der Waals surface area contributed by atoms with Crippen molar-refractivity contribution in [2.75, 3.05) is 11.1 Å². The maximum Gasteiger partial charge on any atom is 0.201 e. The molecular weight excluding hydrogens is 212 g/mol. The van der Waals surface area contributed by atoms with Crippen LogP contribution in [-0.4, -0.2) is 16.0 Å². The molecule has 17 heavy (non-hydrogen) atoms. The average Bonchev–Trinajstić information content (AvgIpc) is 2.71. The monoisotopic (exact) mass is 230 g/mol. The summed E-state index contributed by atoms with van der Waals surface area (Å²) >= 11 is 0. The number of hydrogen-bond acceptors (Lipinski definition) is 3. The van der Waals surface area contributed by atoms with E-state index in [-0.39, 0.29) is 0 Å². The first-order chi connectivity index (χ1) is 8.31. The molecule has 3 rings (SSSR count). The number of benzene rings is 1. The Labute approximate surface area is 101 Å². The Morgan fingerprint density at radius 3 is 2.88 bits per heavy atom. The van der Waals surface area contributed by atoms with Gasteiger partial charge >= 0.3 is 0 Å². The molecule has 4 N–H and O–H groups in total. The molecule has 0 atom stereocenters. The Hall–Kier alpha value is -1.71. The molecule has 1 aliphatic rings. The van der Waals surface area contributed by atoms with Crippen molar-refractivity contribution in [3.8, 4) is 0 Å². The van der Waals surface area contributed by atoms with Gasteiger partial charge in [-0.15, -0.1) is 0 Å². The number of aromatic amines is 1. The molecule has 4 nitrogen and oxygen atoms in total. The Balaban J connectivity index is 1.80. The van der Waals surface area contributed by atoms with Crippen molar-refractivity contribution in [1.29, 1.82) is 0 Å². The van der Waals surface area contributed by atoms with Gasteiger partial charge in [0.1, 0.15) is 0 Å². The normalized spacial score (nSPS) is 17.4. The summed E-state index contributed by atoms with van der Waals surface area (Å²) in [5.74, 6) is 0.873. The second kappa shape index (κ2) is 4.28. The third-order valence-corrected chi connectivity index (χ3v) is 3.45. The van der Waals surface area contributed by atoms with Crippen molar-refractivity contribution in [3.05, 3.63) is 18.2 Å². The predicted octanol–water partition coefficient (Wildman–Crippen LogP) is 2.89. The third-order valence-electron chi connectivity index (χ3n) is 3.45. The number of imidazole rings is 1. The number of nitrogens with two attached hydrogens (primary N) is 1. The summed E-state index contributed by atoms with van der Waals surface area (Å²) in [6, 6.07) is 6.33. The summed E-state index contributed by atoms with van der Waals surface area (Å²) in [4.78, 5) is 7.81. The van der Waals surface area contributed by atoms with Gasteiger partial charge in [-0.05, 0) is 31.0 Å². The second-order valence-electron chi connectivity index (χ2n) is 4.84. The zero-order chi connectivity index (χ0) is 11.7. The van der Waals surface area contributed by atoms with Gasteiger partial charge in [0.15, 0.2) is 0 Å². The first-order valence-corrected chi connectivity index (χ1v) is 6.33. The molecule has 0 radical (unpaired) electrons. The van der Waals surface area contributed by atoms with Gasteiger partial charge in [-0.25, -0.2) is 4.98 Å². The lowest BCUT2D eigenvalue weighted by Crippen LogP contribution is -2.22. The molecular formula is C13H18N4. The molecule has 0 aliphatic heterocycles. The number of nitrogens with zero attached hydrogens (tertiary/aromatic N) is 1. The summed E-state index contributed by atoms with van der Waals surface area (Å²) < 4.78 is 0. The van der Waals surface area contributed by atoms with Crippen molar-refractivity contribution < 1.29 is 0 Å². The highest BCUT2D eigenvalue weighted by Crippen LogP contribution is 2.22. The van der Waals surface area contributed by atoms with Gasteiger partial charge in [0.25, 0.3) is 0 Å². The minimum Gasteiger partial charge on any atom is -0.399 e. The fourth-order valence-corrected chi connectivity index (χ4v) is 2.54. The summed E-state index contributed by atoms with van der Waals surface area (Å²) in [6.07, 6.45) is 6.52. The van der Waals surface area contributed by atoms with Crippen LogP contribution in [0.1, 0.15) is 32.1 Å². The number of aromatic nitrogens is 2. The second-order valence-corrected chi connectivity index (χ2v) is 4.84. The fourth-order valence-electron chi connectivity index (χ4n) is 2.54. The van der Waals surface area contributed by atoms with E-state index >= 15 is 0 Å². The molecule has 0 saturated heterocycles. The molecule has 1 aliphatic carbocycles. The van der Waals surface area contributed by atoms with Crippen molar-refractivity contribution >= 4 is 22.7 Å². The molecule has 2 aromatic rings. The smallest absolute Gasteiger partial charge is 0.201 e. The van der Waals surface area contributed by atoms with Gasteiger partial charge < -0.3 is 16.0 Å². The number of nitrogens with one attached hydrogen (secondary N) is 2. The Morgan fingerprint density at radius 1 is 1.24 bits per heavy atom. The van der Waals surface area contributed by atoms with E-state index in [9.17, 15) is 0 Å². The van der Waals surface area contributed by atoms with E-state index in [1.54, 1.807) is 0 Å². The molecule has 0 bridgehead atoms. The number of anilines is 2. The zero-order valence-corrected chi connectivity index (χ0v) is 9.87. The summed E-state index contributed by atoms with van der Waals surface area (Å²) in [7, 11) is 0. The Morgan fingerprint density at radius 2 is 2.06 bits per heavy atom. The van der Waals surface area contributed by atoms with Crippen LogP contribution in [0.15, 0.2) is 18.2 Å². The number of nitrogen functional groups attached to an aromatic ring is 1. The van der Waals surface area contributed by atoms with E-state index in [0.29, 0.717) is 6.04 Å². The van der Waals surface area contributed by atoms with Crippen LogP contribution in [0.3, 0.4) is 0 Å². The lowest BCUT2D eigenvalue weighted by molar-refractivity contribution is 0.461. The van der Waals surface area contributed by atoms with Crippen molar-refractivity contribution in [2.45, 2.75) is 38.1 Å². The number of rotatable bonds is 2. The summed E-state index contributed by atoms with van der Waals surface area (Å²) in [5, 5.41) is 3.48. The first kappa shape index (κ1) is 10.4. The first-order valence-electron chi connectivity index (χ1n) is 6.33. The van der Waals surface area contributed by atoms with Crippen LogP contribution in [0, 0.1) is 0 Å². The largest absolute Gasteiger partial charge is 0.399 e. The standard InChI is InChI=1S/C13H18N4/c14-9-6-7-11-12(8-9)17-13(16-11)15-10-4-2-1-3-5-10/h6-8,10H,1-5,14H2,(H2,15,16,17). The van der Waals surface area contributed by atoms with Crippen LogP contribution >= 0.6 is 0 Å². The number of hydrogen-bond donors (Lipinski definition) is 3. The van der Waals surface area contributed by atoms with Crippen LogP contribution < -0.4 is 11.1 Å². The zero-order valence-electron chi connectivity index (χ0n) is 9.87. The van der Waals surface area contributed by atoms with Crippen LogP contribution in [-0.2, 0) is 0 Å². The fraction of sp³-hybridized carbons (Fsp3) is 0.462. The topological polar surface area (TPSA) is 66.7 Å². The Kier molecular flexibility index (Phi) is 2.63. The number of fused-ring (bicyclic) bond motifs is 1. The predicted molar refractivity (Wildman–Crippen MR) is 71.0 cm³/mol. The number of H-pyrrole nitrogens is 1. The minimum absolute atomic E-state index is 0.571. The van der Waals surface area contributed by atoms with E-state index < -0.39 is 0 Å². The lowest BCUT2D eigenvalue weighted by atomic mass is 9.96. The van der Waals surface area contributed by atoms with E-state index in [1.165, 1.54) is 32.1 Å². The molecule has 1 fully saturated rings. The average molecular weight is 230 g/mol. The van der Waals surface area contributed by atoms with Gasteiger partial charge in [-0.1, -0.05) is 19.3 Å². The summed E-state index contributed by atoms with van der Waals surface area (Å²) in [5.41, 5.74) is 8.49. The maximum absolute atomic E-state index is 5.75. The minimum atomic E-state index is 0.571. The molecule has 0 unspecified atom stereocenters. The third kappa shape index (κ3) is 2.20. The van der Waals surface area contributed by atoms with E-state index in [1.807, 2.05) is 18.2 Å². The quantitative estimate of drug-likeness (QED) is 0.695. The van der Waals surface area contributed by atoms with Crippen molar-refractivity contribution in [2.24, 2.45) is 0 Å². The van der Waals surface area contributed by atoms with Crippen LogP contribution in [0.2, 0.25) is 0 Å². The van der Waals surface area contributed by atoms with Gasteiger partial charge in [-0.2, -0.15) is 0 Å². The highest BCUT2D eigenvalue weighted by molar-refractivity contribution is 5.80. The van der Waals surface area contributed by atoms with Crippen molar-refractivity contribution in [3.63, 3.8) is 0 Å². The SMILES string of the molecule is Nc1ccc2nc(NC3CCCCC3)[nH]c2c1. The lowest BCUT2D eigenvalue weighted by Gasteiger charge is -2.22. The molecule has 4 heteroatoms. The van der Waals surface area contributed by atoms with Gasteiger partial charge in [0.2, 0.25) is 5.95 Å². The highest BCUT2D eigenvalue weighted by Gasteiger charge is 2.14. The van der Waals surface area contributed by atoms with Gasteiger partial charge in [0, 0.05) is 11.7 Å². The Bertz CT molecular complexity index is 511. The molecule has 1 heterocycles. The van der Waals surface area contributed by atoms with Gasteiger partial charge in [-0.3, -0.25) is 0 Å². The van der Waals surface area contributed by atoms with Crippen LogP contribution in [0.5, 0.6) is 0 Å². The van der Waals surface area contributed by atoms with Gasteiger partial charge in [0.05, 0.1) is 11.0 Å². The maximum atomic E-state index is 5.75. The molecule has 1 saturated carbocycles. The molecule has 0 spiro atoms. The van der Waals surface area contributed by atoms with E-state index in [0.717, 1.165) is 22.7 Å². The molecule has 1 aromatic heterocycles. The molecule has 1 aromatic carbocycles. The highest BCUT2D eigenvalue weighted by atomic mass is 15.1. The summed E-state index contributed by atoms with van der Waals surface area (Å²) in [6.45, 7) is 0. The van der Waals surface area contributed by atoms with E-state index in [4.69, 9.17) is 5.73 Å².